The molecule has 0 radical (unpaired) electrons. The van der Waals surface area contributed by atoms with Crippen LogP contribution in [0.15, 0.2) is 12.1 Å². The van der Waals surface area contributed by atoms with Crippen molar-refractivity contribution >= 4 is 11.8 Å². The van der Waals surface area contributed by atoms with Gasteiger partial charge in [-0.15, -0.1) is 0 Å². The maximum Gasteiger partial charge on any atom is 0.315 e. The number of fused-ring (bicyclic) bond motifs is 2. The van der Waals surface area contributed by atoms with Gasteiger partial charge in [-0.05, 0) is 61.6 Å². The van der Waals surface area contributed by atoms with Crippen molar-refractivity contribution in [1.82, 2.24) is 0 Å². The average molecular weight is 344 g/mol. The fourth-order valence-corrected chi connectivity index (χ4v) is 4.99. The number of phenols is 1. The van der Waals surface area contributed by atoms with Gasteiger partial charge in [0.1, 0.15) is 11.5 Å². The van der Waals surface area contributed by atoms with E-state index in [0.29, 0.717) is 18.1 Å². The summed E-state index contributed by atoms with van der Waals surface area (Å²) in [5.41, 5.74) is 1.70. The van der Waals surface area contributed by atoms with E-state index in [9.17, 15) is 14.7 Å². The van der Waals surface area contributed by atoms with Crippen LogP contribution in [0, 0.1) is 24.2 Å². The SMILES string of the molecule is COC(=O)C(C)(C)c1cc(C)c([C@@H]2CC(=O)C3CC2C3(C)C)c(O)c1. The fourth-order valence-electron chi connectivity index (χ4n) is 4.99. The lowest BCUT2D eigenvalue weighted by Gasteiger charge is -2.59. The zero-order chi connectivity index (χ0) is 18.7. The highest BCUT2D eigenvalue weighted by Gasteiger charge is 2.59. The zero-order valence-corrected chi connectivity index (χ0v) is 16.0. The minimum atomic E-state index is -0.835. The molecule has 0 amide bonds. The normalized spacial score (nSPS) is 27.6. The minimum Gasteiger partial charge on any atom is -0.508 e. The van der Waals surface area contributed by atoms with Gasteiger partial charge in [0, 0.05) is 17.9 Å². The Kier molecular flexibility index (Phi) is 4.01. The third kappa shape index (κ3) is 2.49. The van der Waals surface area contributed by atoms with E-state index in [0.717, 1.165) is 23.1 Å². The molecular weight excluding hydrogens is 316 g/mol. The second-order valence-corrected chi connectivity index (χ2v) is 8.84. The summed E-state index contributed by atoms with van der Waals surface area (Å²) in [5, 5.41) is 10.8. The van der Waals surface area contributed by atoms with Gasteiger partial charge < -0.3 is 9.84 Å². The van der Waals surface area contributed by atoms with Gasteiger partial charge in [0.15, 0.2) is 0 Å². The smallest absolute Gasteiger partial charge is 0.315 e. The van der Waals surface area contributed by atoms with Crippen molar-refractivity contribution in [2.24, 2.45) is 17.3 Å². The van der Waals surface area contributed by atoms with Crippen LogP contribution in [-0.4, -0.2) is 24.0 Å². The monoisotopic (exact) mass is 344 g/mol. The van der Waals surface area contributed by atoms with Crippen LogP contribution in [-0.2, 0) is 19.7 Å². The standard InChI is InChI=1S/C21H28O4/c1-11-7-12(20(2,3)19(24)25-6)8-17(23)18(11)13-9-16(22)15-10-14(13)21(15,4)5/h7-8,13-15,23H,9-10H2,1-6H3/t13-,14?,15?/m1/s1. The highest BCUT2D eigenvalue weighted by molar-refractivity contribution is 5.86. The lowest BCUT2D eigenvalue weighted by molar-refractivity contribution is -0.151. The summed E-state index contributed by atoms with van der Waals surface area (Å²) in [4.78, 5) is 24.5. The number of rotatable bonds is 3. The van der Waals surface area contributed by atoms with Crippen LogP contribution in [0.25, 0.3) is 0 Å². The van der Waals surface area contributed by atoms with Crippen molar-refractivity contribution < 1.29 is 19.4 Å². The average Bonchev–Trinajstić information content (AvgIpc) is 2.52. The Morgan fingerprint density at radius 2 is 1.96 bits per heavy atom. The lowest BCUT2D eigenvalue weighted by atomic mass is 9.44. The molecule has 25 heavy (non-hydrogen) atoms. The van der Waals surface area contributed by atoms with Gasteiger partial charge in [-0.25, -0.2) is 0 Å². The number of aryl methyl sites for hydroxylation is 1. The number of aromatic hydroxyl groups is 1. The molecule has 1 aromatic rings. The first-order chi connectivity index (χ1) is 11.5. The molecule has 2 bridgehead atoms. The van der Waals surface area contributed by atoms with Gasteiger partial charge in [-0.1, -0.05) is 19.9 Å². The molecule has 3 atom stereocenters. The van der Waals surface area contributed by atoms with E-state index in [4.69, 9.17) is 4.74 Å². The quantitative estimate of drug-likeness (QED) is 0.846. The number of ether oxygens (including phenoxy) is 1. The van der Waals surface area contributed by atoms with E-state index < -0.39 is 5.41 Å². The summed E-state index contributed by atoms with van der Waals surface area (Å²) in [5.74, 6) is 0.812. The van der Waals surface area contributed by atoms with Crippen LogP contribution in [0.1, 0.15) is 63.1 Å². The number of carbonyl (C=O) groups excluding carboxylic acids is 2. The van der Waals surface area contributed by atoms with Crippen molar-refractivity contribution in [3.05, 3.63) is 28.8 Å². The summed E-state index contributed by atoms with van der Waals surface area (Å²) < 4.78 is 4.90. The van der Waals surface area contributed by atoms with Gasteiger partial charge in [0.2, 0.25) is 0 Å². The molecule has 0 spiro atoms. The topological polar surface area (TPSA) is 63.6 Å². The van der Waals surface area contributed by atoms with Crippen LogP contribution in [0.4, 0.5) is 0 Å². The molecule has 3 aliphatic rings. The zero-order valence-electron chi connectivity index (χ0n) is 16.0. The Morgan fingerprint density at radius 1 is 1.32 bits per heavy atom. The Balaban J connectivity index is 2.02. The van der Waals surface area contributed by atoms with Gasteiger partial charge in [0.25, 0.3) is 0 Å². The first-order valence-corrected chi connectivity index (χ1v) is 8.97. The van der Waals surface area contributed by atoms with Crippen molar-refractivity contribution in [1.29, 1.82) is 0 Å². The van der Waals surface area contributed by atoms with E-state index >= 15 is 0 Å². The van der Waals surface area contributed by atoms with Crippen LogP contribution in [0.3, 0.4) is 0 Å². The molecule has 3 saturated carbocycles. The molecule has 1 aromatic carbocycles. The van der Waals surface area contributed by atoms with Crippen molar-refractivity contribution in [2.45, 2.75) is 58.8 Å². The Hall–Kier alpha value is -1.84. The molecule has 3 aliphatic carbocycles. The van der Waals surface area contributed by atoms with Gasteiger partial charge in [-0.2, -0.15) is 0 Å². The van der Waals surface area contributed by atoms with Crippen molar-refractivity contribution in [3.63, 3.8) is 0 Å². The molecule has 0 heterocycles. The highest BCUT2D eigenvalue weighted by atomic mass is 16.5. The third-order valence-electron chi connectivity index (χ3n) is 6.79. The van der Waals surface area contributed by atoms with Gasteiger partial charge in [-0.3, -0.25) is 9.59 Å². The lowest BCUT2D eigenvalue weighted by Crippen LogP contribution is -2.56. The van der Waals surface area contributed by atoms with Crippen molar-refractivity contribution in [2.75, 3.05) is 7.11 Å². The van der Waals surface area contributed by atoms with Gasteiger partial charge in [0.05, 0.1) is 12.5 Å². The largest absolute Gasteiger partial charge is 0.508 e. The summed E-state index contributed by atoms with van der Waals surface area (Å²) in [6, 6.07) is 3.62. The second kappa shape index (κ2) is 5.58. The van der Waals surface area contributed by atoms with E-state index in [1.54, 1.807) is 19.9 Å². The van der Waals surface area contributed by atoms with Crippen LogP contribution < -0.4 is 0 Å². The number of Topliss-reactive ketones (excluding diaryl/α,β-unsaturated/α-hetero) is 1. The number of hydrogen-bond acceptors (Lipinski definition) is 4. The molecule has 2 unspecified atom stereocenters. The molecule has 4 rings (SSSR count). The van der Waals surface area contributed by atoms with E-state index in [1.165, 1.54) is 7.11 Å². The van der Waals surface area contributed by atoms with Gasteiger partial charge >= 0.3 is 5.97 Å². The number of benzene rings is 1. The van der Waals surface area contributed by atoms with E-state index in [-0.39, 0.29) is 29.0 Å². The maximum absolute atomic E-state index is 12.5. The first kappa shape index (κ1) is 18.0. The predicted molar refractivity (Wildman–Crippen MR) is 95.6 cm³/mol. The second-order valence-electron chi connectivity index (χ2n) is 8.84. The molecule has 1 N–H and O–H groups in total. The summed E-state index contributed by atoms with van der Waals surface area (Å²) in [6.07, 6.45) is 1.43. The number of hydrogen-bond donors (Lipinski definition) is 1. The molecule has 136 valence electrons. The van der Waals surface area contributed by atoms with E-state index in [2.05, 4.69) is 13.8 Å². The highest BCUT2D eigenvalue weighted by Crippen LogP contribution is 2.63. The summed E-state index contributed by atoms with van der Waals surface area (Å²) >= 11 is 0. The van der Waals surface area contributed by atoms with E-state index in [1.807, 2.05) is 13.0 Å². The third-order valence-corrected chi connectivity index (χ3v) is 6.79. The fraction of sp³-hybridized carbons (Fsp3) is 0.619. The molecule has 4 nitrogen and oxygen atoms in total. The molecule has 0 aromatic heterocycles. The summed E-state index contributed by atoms with van der Waals surface area (Å²) in [6.45, 7) is 9.86. The first-order valence-electron chi connectivity index (χ1n) is 8.97. The van der Waals surface area contributed by atoms with Crippen molar-refractivity contribution in [3.8, 4) is 5.75 Å². The Bertz CT molecular complexity index is 721. The minimum absolute atomic E-state index is 0.00282. The maximum atomic E-state index is 12.5. The molecule has 0 saturated heterocycles. The molecular formula is C21H28O4. The Labute approximate surface area is 149 Å². The molecule has 3 fully saturated rings. The number of phenolic OH excluding ortho intramolecular Hbond substituents is 1. The number of ketones is 1. The van der Waals surface area contributed by atoms with Crippen LogP contribution >= 0.6 is 0 Å². The summed E-state index contributed by atoms with van der Waals surface area (Å²) in [7, 11) is 1.37. The predicted octanol–water partition coefficient (Wildman–Crippen LogP) is 3.87. The van der Waals surface area contributed by atoms with Crippen LogP contribution in [0.2, 0.25) is 0 Å². The van der Waals surface area contributed by atoms with Crippen LogP contribution in [0.5, 0.6) is 5.75 Å². The molecule has 0 aliphatic heterocycles. The molecule has 4 heteroatoms. The number of carbonyl (C=O) groups is 2. The number of esters is 1. The Morgan fingerprint density at radius 3 is 2.44 bits per heavy atom. The number of methoxy groups -OCH3 is 1.